The van der Waals surface area contributed by atoms with E-state index in [1.165, 1.54) is 244 Å². The minimum Gasteiger partial charge on any atom is -0.462 e. The standard InChI is InChI=1S/C62H120NO8P/c1-3-5-7-9-11-13-15-17-19-21-23-24-25-26-27-28-29-30-31-32-33-34-35-36-37-39-40-42-44-46-48-50-52-54-61(64)68-58-60(59-70-72(66,67)69-57-56-63)71-62(65)55-53-51-49-47-45-43-41-38-22-20-18-16-14-12-10-8-6-4-2/h14,16,20,22,60H,3-13,15,17-19,21,23-59,63H2,1-2H3,(H,66,67)/b16-14-,22-20-. The summed E-state index contributed by atoms with van der Waals surface area (Å²) in [6.45, 7) is 3.78. The summed E-state index contributed by atoms with van der Waals surface area (Å²) in [5, 5.41) is 0. The fourth-order valence-corrected chi connectivity index (χ4v) is 10.2. The molecular formula is C62H120NO8P. The molecule has 72 heavy (non-hydrogen) atoms. The molecule has 2 unspecified atom stereocenters. The Bertz CT molecular complexity index is 1230. The lowest BCUT2D eigenvalue weighted by molar-refractivity contribution is -0.161. The van der Waals surface area contributed by atoms with Gasteiger partial charge in [-0.25, -0.2) is 4.57 Å². The third kappa shape index (κ3) is 57.8. The Hall–Kier alpha value is -1.51. The zero-order valence-electron chi connectivity index (χ0n) is 47.7. The minimum absolute atomic E-state index is 0.0540. The van der Waals surface area contributed by atoms with E-state index in [2.05, 4.69) is 38.2 Å². The van der Waals surface area contributed by atoms with E-state index < -0.39 is 26.5 Å². The van der Waals surface area contributed by atoms with E-state index in [4.69, 9.17) is 24.3 Å². The van der Waals surface area contributed by atoms with Crippen LogP contribution in [0.2, 0.25) is 0 Å². The van der Waals surface area contributed by atoms with Crippen molar-refractivity contribution >= 4 is 19.8 Å². The van der Waals surface area contributed by atoms with Gasteiger partial charge in [-0.2, -0.15) is 0 Å². The van der Waals surface area contributed by atoms with Crippen molar-refractivity contribution in [2.45, 2.75) is 335 Å². The van der Waals surface area contributed by atoms with Crippen LogP contribution in [0.1, 0.15) is 328 Å². The van der Waals surface area contributed by atoms with Gasteiger partial charge in [0.05, 0.1) is 13.2 Å². The number of ether oxygens (including phenoxy) is 2. The third-order valence-electron chi connectivity index (χ3n) is 14.1. The third-order valence-corrected chi connectivity index (χ3v) is 15.1. The van der Waals surface area contributed by atoms with Gasteiger partial charge < -0.3 is 20.1 Å². The van der Waals surface area contributed by atoms with Crippen LogP contribution in [0.15, 0.2) is 24.3 Å². The summed E-state index contributed by atoms with van der Waals surface area (Å²) in [6, 6.07) is 0. The molecule has 0 aliphatic rings. The van der Waals surface area contributed by atoms with Crippen LogP contribution in [0.25, 0.3) is 0 Å². The van der Waals surface area contributed by atoms with Crippen molar-refractivity contribution in [1.29, 1.82) is 0 Å². The first kappa shape index (κ1) is 70.5. The molecule has 10 heteroatoms. The molecule has 0 saturated carbocycles. The molecule has 0 bridgehead atoms. The Balaban J connectivity index is 3.81. The maximum absolute atomic E-state index is 12.7. The maximum Gasteiger partial charge on any atom is 0.472 e. The topological polar surface area (TPSA) is 134 Å². The van der Waals surface area contributed by atoms with Crippen molar-refractivity contribution in [3.63, 3.8) is 0 Å². The summed E-state index contributed by atoms with van der Waals surface area (Å²) in [4.78, 5) is 35.2. The number of phosphoric acid groups is 1. The van der Waals surface area contributed by atoms with Crippen LogP contribution in [-0.4, -0.2) is 49.3 Å². The van der Waals surface area contributed by atoms with Gasteiger partial charge in [-0.1, -0.05) is 295 Å². The van der Waals surface area contributed by atoms with E-state index >= 15 is 0 Å². The van der Waals surface area contributed by atoms with Gasteiger partial charge in [0.25, 0.3) is 0 Å². The molecule has 0 aromatic rings. The van der Waals surface area contributed by atoms with Crippen molar-refractivity contribution in [2.75, 3.05) is 26.4 Å². The molecule has 3 N–H and O–H groups in total. The van der Waals surface area contributed by atoms with Gasteiger partial charge in [0.1, 0.15) is 6.61 Å². The van der Waals surface area contributed by atoms with Crippen molar-refractivity contribution in [3.05, 3.63) is 24.3 Å². The molecule has 0 saturated heterocycles. The lowest BCUT2D eigenvalue weighted by atomic mass is 10.0. The van der Waals surface area contributed by atoms with Gasteiger partial charge in [-0.15, -0.1) is 0 Å². The van der Waals surface area contributed by atoms with Crippen LogP contribution in [0, 0.1) is 0 Å². The van der Waals surface area contributed by atoms with Crippen LogP contribution in [0.3, 0.4) is 0 Å². The van der Waals surface area contributed by atoms with Gasteiger partial charge in [0.2, 0.25) is 0 Å². The molecule has 0 heterocycles. The van der Waals surface area contributed by atoms with Gasteiger partial charge in [0.15, 0.2) is 6.10 Å². The lowest BCUT2D eigenvalue weighted by Crippen LogP contribution is -2.29. The summed E-state index contributed by atoms with van der Waals surface area (Å²) in [7, 11) is -4.39. The zero-order chi connectivity index (χ0) is 52.4. The summed E-state index contributed by atoms with van der Waals surface area (Å²) in [5.74, 6) is -0.820. The predicted molar refractivity (Wildman–Crippen MR) is 307 cm³/mol. The highest BCUT2D eigenvalue weighted by Crippen LogP contribution is 2.43. The second-order valence-corrected chi connectivity index (χ2v) is 22.7. The Labute approximate surface area is 446 Å². The largest absolute Gasteiger partial charge is 0.472 e. The number of hydrogen-bond acceptors (Lipinski definition) is 8. The summed E-state index contributed by atoms with van der Waals surface area (Å²) < 4.78 is 33.0. The van der Waals surface area contributed by atoms with E-state index in [-0.39, 0.29) is 38.6 Å². The van der Waals surface area contributed by atoms with Gasteiger partial charge in [0, 0.05) is 19.4 Å². The first-order chi connectivity index (χ1) is 35.3. The number of allylic oxidation sites excluding steroid dienone is 4. The molecule has 0 aliphatic carbocycles. The van der Waals surface area contributed by atoms with Gasteiger partial charge in [-0.3, -0.25) is 18.6 Å². The number of carbonyl (C=O) groups is 2. The van der Waals surface area contributed by atoms with Crippen molar-refractivity contribution in [3.8, 4) is 0 Å². The Kier molecular flexibility index (Phi) is 57.5. The Morgan fingerprint density at radius 3 is 1.07 bits per heavy atom. The average Bonchev–Trinajstić information content (AvgIpc) is 3.37. The SMILES string of the molecule is CCCCCC/C=C\C/C=C\CCCCCCCCCC(=O)OC(COC(=O)CCCCCCCCCCCCCCCCCCCCCCCCCCCCCCCCCCC)COP(=O)(O)OCCN. The molecule has 426 valence electrons. The molecule has 0 radical (unpaired) electrons. The Morgan fingerprint density at radius 1 is 0.417 bits per heavy atom. The molecule has 0 aliphatic heterocycles. The number of phosphoric ester groups is 1. The molecule has 0 aromatic carbocycles. The van der Waals surface area contributed by atoms with Gasteiger partial charge >= 0.3 is 19.8 Å². The van der Waals surface area contributed by atoms with Crippen molar-refractivity contribution < 1.29 is 37.6 Å². The summed E-state index contributed by atoms with van der Waals surface area (Å²) in [5.41, 5.74) is 5.38. The molecular weight excluding hydrogens is 918 g/mol. The fraction of sp³-hybridized carbons (Fsp3) is 0.903. The van der Waals surface area contributed by atoms with Crippen LogP contribution in [0.4, 0.5) is 0 Å². The summed E-state index contributed by atoms with van der Waals surface area (Å²) >= 11 is 0. The predicted octanol–water partition coefficient (Wildman–Crippen LogP) is 19.8. The van der Waals surface area contributed by atoms with Gasteiger partial charge in [-0.05, 0) is 44.9 Å². The number of unbranched alkanes of at least 4 members (excludes halogenated alkanes) is 43. The summed E-state index contributed by atoms with van der Waals surface area (Å²) in [6.07, 6.45) is 69.8. The molecule has 0 rings (SSSR count). The number of nitrogens with two attached hydrogens (primary N) is 1. The maximum atomic E-state index is 12.7. The van der Waals surface area contributed by atoms with E-state index in [9.17, 15) is 19.0 Å². The minimum atomic E-state index is -4.39. The molecule has 0 amide bonds. The zero-order valence-corrected chi connectivity index (χ0v) is 48.6. The van der Waals surface area contributed by atoms with E-state index in [0.717, 1.165) is 51.4 Å². The average molecular weight is 1040 g/mol. The number of rotatable bonds is 60. The van der Waals surface area contributed by atoms with Crippen LogP contribution in [-0.2, 0) is 32.7 Å². The smallest absolute Gasteiger partial charge is 0.462 e. The van der Waals surface area contributed by atoms with Crippen LogP contribution >= 0.6 is 7.82 Å². The quantitative estimate of drug-likeness (QED) is 0.0264. The number of carbonyl (C=O) groups excluding carboxylic acids is 2. The normalized spacial score (nSPS) is 13.1. The number of hydrogen-bond donors (Lipinski definition) is 2. The molecule has 0 spiro atoms. The Morgan fingerprint density at radius 2 is 0.722 bits per heavy atom. The highest BCUT2D eigenvalue weighted by Gasteiger charge is 2.26. The molecule has 0 aromatic heterocycles. The highest BCUT2D eigenvalue weighted by molar-refractivity contribution is 7.47. The van der Waals surface area contributed by atoms with Crippen LogP contribution in [0.5, 0.6) is 0 Å². The first-order valence-corrected chi connectivity index (χ1v) is 32.8. The molecule has 2 atom stereocenters. The van der Waals surface area contributed by atoms with Crippen molar-refractivity contribution in [2.24, 2.45) is 5.73 Å². The first-order valence-electron chi connectivity index (χ1n) is 31.3. The van der Waals surface area contributed by atoms with E-state index in [1.54, 1.807) is 0 Å². The molecule has 9 nitrogen and oxygen atoms in total. The fourth-order valence-electron chi connectivity index (χ4n) is 9.44. The second-order valence-electron chi connectivity index (χ2n) is 21.3. The number of esters is 2. The second kappa shape index (κ2) is 58.7. The highest BCUT2D eigenvalue weighted by atomic mass is 31.2. The van der Waals surface area contributed by atoms with Crippen molar-refractivity contribution in [1.82, 2.24) is 0 Å². The van der Waals surface area contributed by atoms with E-state index in [1.807, 2.05) is 0 Å². The van der Waals surface area contributed by atoms with E-state index in [0.29, 0.717) is 6.42 Å². The monoisotopic (exact) mass is 1040 g/mol. The molecule has 0 fully saturated rings. The van der Waals surface area contributed by atoms with Crippen LogP contribution < -0.4 is 5.73 Å². The lowest BCUT2D eigenvalue weighted by Gasteiger charge is -2.19.